The van der Waals surface area contributed by atoms with Crippen molar-refractivity contribution in [1.29, 1.82) is 0 Å². The Hall–Kier alpha value is -2.47. The predicted octanol–water partition coefficient (Wildman–Crippen LogP) is 1.11. The lowest BCUT2D eigenvalue weighted by atomic mass is 9.96. The molecule has 0 spiro atoms. The van der Waals surface area contributed by atoms with Crippen molar-refractivity contribution in [3.63, 3.8) is 0 Å². The highest BCUT2D eigenvalue weighted by molar-refractivity contribution is 5.33. The maximum absolute atomic E-state index is 11.9. The highest BCUT2D eigenvalue weighted by atomic mass is 16.1. The molecule has 21 heavy (non-hydrogen) atoms. The molecule has 1 aliphatic heterocycles. The van der Waals surface area contributed by atoms with Gasteiger partial charge in [0.15, 0.2) is 0 Å². The summed E-state index contributed by atoms with van der Waals surface area (Å²) in [5, 5.41) is 6.51. The number of aryl methyl sites for hydroxylation is 1. The third kappa shape index (κ3) is 2.04. The molecule has 4 rings (SSSR count). The Balaban J connectivity index is 1.75. The number of fused-ring (bicyclic) bond motifs is 2. The van der Waals surface area contributed by atoms with Crippen LogP contribution in [0.4, 0.5) is 0 Å². The molecule has 0 fully saturated rings. The summed E-state index contributed by atoms with van der Waals surface area (Å²) in [5.74, 6) is 1.18. The first-order valence-electron chi connectivity index (χ1n) is 6.97. The van der Waals surface area contributed by atoms with E-state index >= 15 is 0 Å². The summed E-state index contributed by atoms with van der Waals surface area (Å²) < 4.78 is 1.39. The molecule has 3 aromatic rings. The Kier molecular flexibility index (Phi) is 2.65. The van der Waals surface area contributed by atoms with Crippen LogP contribution in [0.2, 0.25) is 0 Å². The Labute approximate surface area is 120 Å². The number of benzene rings is 1. The van der Waals surface area contributed by atoms with Crippen molar-refractivity contribution >= 4 is 5.78 Å². The third-order valence-electron chi connectivity index (χ3n) is 3.89. The van der Waals surface area contributed by atoms with E-state index < -0.39 is 0 Å². The number of nitrogens with one attached hydrogen (secondary N) is 2. The number of hydrogen-bond donors (Lipinski definition) is 2. The average Bonchev–Trinajstić information content (AvgIpc) is 2.91. The van der Waals surface area contributed by atoms with Gasteiger partial charge in [0.2, 0.25) is 0 Å². The molecule has 1 atom stereocenters. The molecule has 2 N–H and O–H groups in total. The van der Waals surface area contributed by atoms with E-state index in [1.54, 1.807) is 6.92 Å². The van der Waals surface area contributed by atoms with E-state index in [1.807, 2.05) is 6.07 Å². The molecule has 106 valence electrons. The molecule has 0 saturated carbocycles. The van der Waals surface area contributed by atoms with Gasteiger partial charge >= 0.3 is 0 Å². The van der Waals surface area contributed by atoms with Crippen LogP contribution in [0, 0.1) is 6.92 Å². The second-order valence-corrected chi connectivity index (χ2v) is 5.39. The summed E-state index contributed by atoms with van der Waals surface area (Å²) in [6.45, 7) is 2.60. The van der Waals surface area contributed by atoms with Crippen LogP contribution in [0.25, 0.3) is 5.78 Å². The first-order valence-corrected chi connectivity index (χ1v) is 6.97. The minimum Gasteiger partial charge on any atom is -0.303 e. The van der Waals surface area contributed by atoms with Crippen LogP contribution in [0.5, 0.6) is 0 Å². The minimum absolute atomic E-state index is 0.0707. The van der Waals surface area contributed by atoms with Gasteiger partial charge in [-0.1, -0.05) is 24.3 Å². The second kappa shape index (κ2) is 4.53. The van der Waals surface area contributed by atoms with Crippen molar-refractivity contribution < 1.29 is 0 Å². The average molecular weight is 281 g/mol. The number of rotatable bonds is 1. The van der Waals surface area contributed by atoms with E-state index in [0.29, 0.717) is 11.5 Å². The smallest absolute Gasteiger partial charge is 0.274 e. The molecule has 6 nitrogen and oxygen atoms in total. The highest BCUT2D eigenvalue weighted by Crippen LogP contribution is 2.23. The van der Waals surface area contributed by atoms with Crippen LogP contribution < -0.4 is 10.9 Å². The summed E-state index contributed by atoms with van der Waals surface area (Å²) in [6, 6.07) is 9.94. The Morgan fingerprint density at radius 2 is 2.05 bits per heavy atom. The Morgan fingerprint density at radius 1 is 1.24 bits per heavy atom. The van der Waals surface area contributed by atoms with Gasteiger partial charge in [-0.2, -0.15) is 9.50 Å². The van der Waals surface area contributed by atoms with Gasteiger partial charge in [0.25, 0.3) is 11.3 Å². The zero-order chi connectivity index (χ0) is 14.4. The van der Waals surface area contributed by atoms with E-state index in [2.05, 4.69) is 38.6 Å². The van der Waals surface area contributed by atoms with E-state index in [1.165, 1.54) is 21.7 Å². The van der Waals surface area contributed by atoms with Crippen molar-refractivity contribution in [2.75, 3.05) is 0 Å². The standard InChI is InChI=1S/C15H15N5O/c1-9-6-13(21)20-15(17-9)18-14(19-20)12-7-10-4-2-3-5-11(10)8-16-12/h2-6,12,16H,7-8H2,1H3,(H,17,18,19). The predicted molar refractivity (Wildman–Crippen MR) is 78.1 cm³/mol. The second-order valence-electron chi connectivity index (χ2n) is 5.39. The quantitative estimate of drug-likeness (QED) is 0.701. The fraction of sp³-hybridized carbons (Fsp3) is 0.267. The lowest BCUT2D eigenvalue weighted by Crippen LogP contribution is -2.29. The Morgan fingerprint density at radius 3 is 2.90 bits per heavy atom. The molecule has 6 heteroatoms. The van der Waals surface area contributed by atoms with E-state index in [4.69, 9.17) is 0 Å². The molecule has 1 unspecified atom stereocenters. The summed E-state index contributed by atoms with van der Waals surface area (Å²) in [4.78, 5) is 20.7. The van der Waals surface area contributed by atoms with Crippen LogP contribution in [0.15, 0.2) is 35.1 Å². The summed E-state index contributed by atoms with van der Waals surface area (Å²) >= 11 is 0. The van der Waals surface area contributed by atoms with Crippen molar-refractivity contribution in [2.24, 2.45) is 0 Å². The first kappa shape index (κ1) is 12.3. The van der Waals surface area contributed by atoms with Crippen molar-refractivity contribution in [3.8, 4) is 0 Å². The van der Waals surface area contributed by atoms with Crippen LogP contribution in [0.1, 0.15) is 28.7 Å². The molecule has 0 aliphatic carbocycles. The van der Waals surface area contributed by atoms with E-state index in [-0.39, 0.29) is 11.6 Å². The largest absolute Gasteiger partial charge is 0.303 e. The van der Waals surface area contributed by atoms with Crippen LogP contribution in [0.3, 0.4) is 0 Å². The van der Waals surface area contributed by atoms with Gasteiger partial charge in [-0.15, -0.1) is 0 Å². The minimum atomic E-state index is -0.132. The van der Waals surface area contributed by atoms with Crippen molar-refractivity contribution in [3.05, 3.63) is 63.3 Å². The zero-order valence-electron chi connectivity index (χ0n) is 11.6. The molecular formula is C15H15N5O. The fourth-order valence-corrected chi connectivity index (χ4v) is 2.81. The maximum Gasteiger partial charge on any atom is 0.274 e. The number of aromatic nitrogens is 4. The summed E-state index contributed by atoms with van der Waals surface area (Å²) in [5.41, 5.74) is 3.18. The summed E-state index contributed by atoms with van der Waals surface area (Å²) in [7, 11) is 0. The first-order chi connectivity index (χ1) is 10.2. The molecule has 1 aromatic carbocycles. The lowest BCUT2D eigenvalue weighted by molar-refractivity contribution is 0.476. The Bertz CT molecular complexity index is 879. The van der Waals surface area contributed by atoms with Crippen LogP contribution >= 0.6 is 0 Å². The van der Waals surface area contributed by atoms with Crippen molar-refractivity contribution in [1.82, 2.24) is 24.9 Å². The molecule has 0 amide bonds. The highest BCUT2D eigenvalue weighted by Gasteiger charge is 2.22. The molecule has 0 bridgehead atoms. The molecule has 3 heterocycles. The van der Waals surface area contributed by atoms with Gasteiger partial charge in [0.05, 0.1) is 6.04 Å². The van der Waals surface area contributed by atoms with Gasteiger partial charge < -0.3 is 5.32 Å². The topological polar surface area (TPSA) is 75.1 Å². The molecule has 1 aliphatic rings. The SMILES string of the molecule is Cc1cc(=O)n2[nH]c(C3Cc4ccccc4CN3)nc2n1. The molecule has 0 saturated heterocycles. The zero-order valence-corrected chi connectivity index (χ0v) is 11.6. The summed E-state index contributed by atoms with van der Waals surface area (Å²) in [6.07, 6.45) is 0.851. The number of H-pyrrole nitrogens is 1. The number of hydrogen-bond acceptors (Lipinski definition) is 4. The van der Waals surface area contributed by atoms with E-state index in [0.717, 1.165) is 18.8 Å². The van der Waals surface area contributed by atoms with E-state index in [9.17, 15) is 4.79 Å². The fourth-order valence-electron chi connectivity index (χ4n) is 2.81. The van der Waals surface area contributed by atoms with Gasteiger partial charge in [0.1, 0.15) is 5.82 Å². The monoisotopic (exact) mass is 281 g/mol. The third-order valence-corrected chi connectivity index (χ3v) is 3.89. The van der Waals surface area contributed by atoms with Gasteiger partial charge in [-0.05, 0) is 24.5 Å². The van der Waals surface area contributed by atoms with Crippen molar-refractivity contribution in [2.45, 2.75) is 25.9 Å². The van der Waals surface area contributed by atoms with Gasteiger partial charge in [-0.3, -0.25) is 9.89 Å². The van der Waals surface area contributed by atoms with Gasteiger partial charge in [0, 0.05) is 18.3 Å². The van der Waals surface area contributed by atoms with Gasteiger partial charge in [-0.25, -0.2) is 4.98 Å². The number of aromatic amines is 1. The molecule has 2 aromatic heterocycles. The lowest BCUT2D eigenvalue weighted by Gasteiger charge is -2.24. The van der Waals surface area contributed by atoms with Crippen LogP contribution in [-0.2, 0) is 13.0 Å². The number of nitrogens with zero attached hydrogens (tertiary/aromatic N) is 3. The normalized spacial score (nSPS) is 17.9. The van der Waals surface area contributed by atoms with Crippen LogP contribution in [-0.4, -0.2) is 19.6 Å². The molecular weight excluding hydrogens is 266 g/mol. The maximum atomic E-state index is 11.9. The molecule has 0 radical (unpaired) electrons.